The van der Waals surface area contributed by atoms with Gasteiger partial charge in [0.25, 0.3) is 0 Å². The molecule has 1 saturated carbocycles. The number of rotatable bonds is 3. The van der Waals surface area contributed by atoms with Crippen LogP contribution in [0, 0.1) is 11.3 Å². The highest BCUT2D eigenvalue weighted by Gasteiger charge is 2.36. The average molecular weight is 333 g/mol. The Morgan fingerprint density at radius 2 is 1.65 bits per heavy atom. The van der Waals surface area contributed by atoms with E-state index in [0.29, 0.717) is 12.8 Å². The second-order valence-corrected chi connectivity index (χ2v) is 7.52. The molecule has 0 amide bonds. The highest BCUT2D eigenvalue weighted by molar-refractivity contribution is 7.89. The Hall–Kier alpha value is -0.800. The second kappa shape index (κ2) is 5.90. The van der Waals surface area contributed by atoms with Crippen LogP contribution in [-0.4, -0.2) is 14.0 Å². The normalized spacial score (nSPS) is 18.4. The average Bonchev–Trinajstić information content (AvgIpc) is 2.38. The Kier molecular flexibility index (Phi) is 4.60. The largest absolute Gasteiger partial charge is 0.242 e. The fourth-order valence-corrected chi connectivity index (χ4v) is 4.49. The van der Waals surface area contributed by atoms with Gasteiger partial charge in [0.2, 0.25) is 10.0 Å². The standard InChI is InChI=1S/C13H14Cl2N2O2S/c14-10-6-11(15)8-12(7-10)20(18,19)17-13(9-16)4-2-1-3-5-13/h6-8,17H,1-5H2. The number of hydrogen-bond donors (Lipinski definition) is 1. The number of benzene rings is 1. The minimum atomic E-state index is -3.82. The first-order valence-electron chi connectivity index (χ1n) is 6.28. The van der Waals surface area contributed by atoms with Gasteiger partial charge in [0.15, 0.2) is 0 Å². The van der Waals surface area contributed by atoms with Gasteiger partial charge in [-0.1, -0.05) is 42.5 Å². The smallest absolute Gasteiger partial charge is 0.207 e. The third kappa shape index (κ3) is 3.44. The van der Waals surface area contributed by atoms with Crippen molar-refractivity contribution < 1.29 is 8.42 Å². The SMILES string of the molecule is N#CC1(NS(=O)(=O)c2cc(Cl)cc(Cl)c2)CCCCC1. The molecule has 108 valence electrons. The van der Waals surface area contributed by atoms with E-state index < -0.39 is 15.6 Å². The number of nitrogens with zero attached hydrogens (tertiary/aromatic N) is 1. The first-order chi connectivity index (χ1) is 9.37. The molecule has 0 atom stereocenters. The lowest BCUT2D eigenvalue weighted by Crippen LogP contribution is -2.48. The van der Waals surface area contributed by atoms with Gasteiger partial charge in [0, 0.05) is 10.0 Å². The van der Waals surface area contributed by atoms with E-state index in [0.717, 1.165) is 19.3 Å². The van der Waals surface area contributed by atoms with Gasteiger partial charge in [-0.2, -0.15) is 9.98 Å². The zero-order valence-electron chi connectivity index (χ0n) is 10.7. The molecule has 20 heavy (non-hydrogen) atoms. The first-order valence-corrected chi connectivity index (χ1v) is 8.52. The van der Waals surface area contributed by atoms with E-state index >= 15 is 0 Å². The van der Waals surface area contributed by atoms with Crippen molar-refractivity contribution in [1.29, 1.82) is 5.26 Å². The maximum absolute atomic E-state index is 12.4. The van der Waals surface area contributed by atoms with Gasteiger partial charge < -0.3 is 0 Å². The van der Waals surface area contributed by atoms with Crippen molar-refractivity contribution in [2.75, 3.05) is 0 Å². The van der Waals surface area contributed by atoms with Gasteiger partial charge in [0.05, 0.1) is 11.0 Å². The Morgan fingerprint density at radius 1 is 1.10 bits per heavy atom. The third-order valence-corrected chi connectivity index (χ3v) is 5.35. The second-order valence-electron chi connectivity index (χ2n) is 4.97. The number of nitriles is 1. The molecule has 0 aliphatic heterocycles. The van der Waals surface area contributed by atoms with E-state index in [1.165, 1.54) is 18.2 Å². The molecule has 0 aromatic heterocycles. The number of halogens is 2. The molecule has 1 aromatic carbocycles. The van der Waals surface area contributed by atoms with E-state index in [4.69, 9.17) is 23.2 Å². The molecule has 0 radical (unpaired) electrons. The molecule has 0 bridgehead atoms. The molecule has 1 N–H and O–H groups in total. The van der Waals surface area contributed by atoms with Crippen LogP contribution in [0.5, 0.6) is 0 Å². The predicted molar refractivity (Wildman–Crippen MR) is 78.2 cm³/mol. The molecule has 2 rings (SSSR count). The molecule has 0 heterocycles. The van der Waals surface area contributed by atoms with Crippen LogP contribution in [0.15, 0.2) is 23.1 Å². The topological polar surface area (TPSA) is 70.0 Å². The summed E-state index contributed by atoms with van der Waals surface area (Å²) < 4.78 is 27.3. The summed E-state index contributed by atoms with van der Waals surface area (Å²) in [5.74, 6) is 0. The summed E-state index contributed by atoms with van der Waals surface area (Å²) in [5.41, 5.74) is -1.02. The van der Waals surface area contributed by atoms with Crippen LogP contribution in [0.25, 0.3) is 0 Å². The lowest BCUT2D eigenvalue weighted by Gasteiger charge is -2.31. The minimum absolute atomic E-state index is 0.0183. The van der Waals surface area contributed by atoms with Crippen molar-refractivity contribution in [3.05, 3.63) is 28.2 Å². The molecule has 1 fully saturated rings. The van der Waals surface area contributed by atoms with Gasteiger partial charge in [-0.3, -0.25) is 0 Å². The van der Waals surface area contributed by atoms with Gasteiger partial charge in [-0.15, -0.1) is 0 Å². The van der Waals surface area contributed by atoms with Crippen LogP contribution in [0.1, 0.15) is 32.1 Å². The Labute approximate surface area is 128 Å². The van der Waals surface area contributed by atoms with E-state index in [1.54, 1.807) is 0 Å². The molecule has 4 nitrogen and oxygen atoms in total. The summed E-state index contributed by atoms with van der Waals surface area (Å²) in [6.45, 7) is 0. The van der Waals surface area contributed by atoms with E-state index in [9.17, 15) is 13.7 Å². The molecular weight excluding hydrogens is 319 g/mol. The van der Waals surface area contributed by atoms with E-state index in [1.807, 2.05) is 0 Å². The van der Waals surface area contributed by atoms with Crippen molar-refractivity contribution in [1.82, 2.24) is 4.72 Å². The molecule has 0 unspecified atom stereocenters. The number of sulfonamides is 1. The molecule has 7 heteroatoms. The van der Waals surface area contributed by atoms with Crippen molar-refractivity contribution in [2.45, 2.75) is 42.5 Å². The van der Waals surface area contributed by atoms with Crippen LogP contribution < -0.4 is 4.72 Å². The van der Waals surface area contributed by atoms with Gasteiger partial charge in [0.1, 0.15) is 5.54 Å². The summed E-state index contributed by atoms with van der Waals surface area (Å²) in [6.07, 6.45) is 3.75. The van der Waals surface area contributed by atoms with Gasteiger partial charge in [-0.25, -0.2) is 8.42 Å². The first kappa shape index (κ1) is 15.6. The highest BCUT2D eigenvalue weighted by Crippen LogP contribution is 2.30. The number of hydrogen-bond acceptors (Lipinski definition) is 3. The fourth-order valence-electron chi connectivity index (χ4n) is 2.39. The van der Waals surface area contributed by atoms with Gasteiger partial charge in [-0.05, 0) is 31.0 Å². The fraction of sp³-hybridized carbons (Fsp3) is 0.462. The van der Waals surface area contributed by atoms with Crippen LogP contribution >= 0.6 is 23.2 Å². The Bertz CT molecular complexity index is 627. The monoisotopic (exact) mass is 332 g/mol. The Morgan fingerprint density at radius 3 is 2.15 bits per heavy atom. The molecule has 0 spiro atoms. The number of nitrogens with one attached hydrogen (secondary N) is 1. The zero-order valence-corrected chi connectivity index (χ0v) is 13.0. The lowest BCUT2D eigenvalue weighted by atomic mass is 9.84. The minimum Gasteiger partial charge on any atom is -0.207 e. The summed E-state index contributed by atoms with van der Waals surface area (Å²) in [7, 11) is -3.82. The quantitative estimate of drug-likeness (QED) is 0.920. The molecular formula is C13H14Cl2N2O2S. The molecule has 1 aliphatic rings. The predicted octanol–water partition coefficient (Wildman–Crippen LogP) is 3.50. The van der Waals surface area contributed by atoms with Gasteiger partial charge >= 0.3 is 0 Å². The van der Waals surface area contributed by atoms with Crippen molar-refractivity contribution in [2.24, 2.45) is 0 Å². The maximum atomic E-state index is 12.4. The van der Waals surface area contributed by atoms with Crippen molar-refractivity contribution in [3.8, 4) is 6.07 Å². The van der Waals surface area contributed by atoms with Crippen molar-refractivity contribution in [3.63, 3.8) is 0 Å². The molecule has 0 saturated heterocycles. The van der Waals surface area contributed by atoms with Crippen LogP contribution in [0.3, 0.4) is 0 Å². The third-order valence-electron chi connectivity index (χ3n) is 3.40. The lowest BCUT2D eigenvalue weighted by molar-refractivity contribution is 0.338. The Balaban J connectivity index is 2.33. The van der Waals surface area contributed by atoms with E-state index in [2.05, 4.69) is 10.8 Å². The summed E-state index contributed by atoms with van der Waals surface area (Å²) in [4.78, 5) is -0.0183. The van der Waals surface area contributed by atoms with Crippen LogP contribution in [0.2, 0.25) is 10.0 Å². The summed E-state index contributed by atoms with van der Waals surface area (Å²) >= 11 is 11.7. The van der Waals surface area contributed by atoms with Crippen LogP contribution in [-0.2, 0) is 10.0 Å². The van der Waals surface area contributed by atoms with Crippen molar-refractivity contribution >= 4 is 33.2 Å². The van der Waals surface area contributed by atoms with Crippen LogP contribution in [0.4, 0.5) is 0 Å². The maximum Gasteiger partial charge on any atom is 0.242 e. The molecule has 1 aliphatic carbocycles. The zero-order chi connectivity index (χ0) is 14.8. The molecule has 1 aromatic rings. The summed E-state index contributed by atoms with van der Waals surface area (Å²) in [6, 6.07) is 6.22. The summed E-state index contributed by atoms with van der Waals surface area (Å²) in [5, 5.41) is 9.82. The highest BCUT2D eigenvalue weighted by atomic mass is 35.5. The van der Waals surface area contributed by atoms with E-state index in [-0.39, 0.29) is 14.9 Å².